The Morgan fingerprint density at radius 1 is 0.727 bits per heavy atom. The minimum Gasteiger partial charge on any atom is -0.256 e. The third-order valence-electron chi connectivity index (χ3n) is 8.94. The molecule has 7 rings (SSSR count). The Labute approximate surface area is 200 Å². The molecule has 4 saturated carbocycles. The Bertz CT molecular complexity index is 1120. The summed E-state index contributed by atoms with van der Waals surface area (Å²) in [6, 6.07) is 22.1. The van der Waals surface area contributed by atoms with E-state index in [2.05, 4.69) is 86.5 Å². The molecule has 4 aliphatic carbocycles. The van der Waals surface area contributed by atoms with Gasteiger partial charge in [0.25, 0.3) is 0 Å². The molecule has 0 atom stereocenters. The van der Waals surface area contributed by atoms with Crippen molar-refractivity contribution < 1.29 is 0 Å². The number of pyridine rings is 1. The zero-order valence-corrected chi connectivity index (χ0v) is 21.4. The number of hydrogen-bond donors (Lipinski definition) is 0. The molecule has 0 aliphatic heterocycles. The quantitative estimate of drug-likeness (QED) is 0.364. The average molecular weight is 452 g/mol. The normalized spacial score (nSPS) is 28.3. The van der Waals surface area contributed by atoms with Crippen molar-refractivity contribution in [2.75, 3.05) is 0 Å². The van der Waals surface area contributed by atoms with Crippen molar-refractivity contribution in [2.24, 2.45) is 29.6 Å². The van der Waals surface area contributed by atoms with Crippen molar-refractivity contribution in [2.45, 2.75) is 58.2 Å². The van der Waals surface area contributed by atoms with Gasteiger partial charge in [-0.15, -0.1) is 0 Å². The van der Waals surface area contributed by atoms with Gasteiger partial charge in [-0.1, -0.05) is 68.2 Å². The standard InChI is InChI=1S/C31H37NSi/c1-33(2,3)31-20-32-30(25-11-7-10-24(17-25)23-8-5-4-6-9-23)19-28(31)18-29-26-13-21-12-22(15-26)16-27(29)14-21/h4-11,17,19-22,26-27,29H,12-16,18H2,1-3H3. The highest BCUT2D eigenvalue weighted by Gasteiger charge is 2.48. The van der Waals surface area contributed by atoms with E-state index in [4.69, 9.17) is 4.98 Å². The first-order valence-electron chi connectivity index (χ1n) is 13.1. The van der Waals surface area contributed by atoms with Crippen molar-refractivity contribution in [3.05, 3.63) is 72.4 Å². The predicted octanol–water partition coefficient (Wildman–Crippen LogP) is 7.58. The number of nitrogens with zero attached hydrogens (tertiary/aromatic N) is 1. The van der Waals surface area contributed by atoms with Crippen LogP contribution in [-0.4, -0.2) is 13.1 Å². The van der Waals surface area contributed by atoms with Gasteiger partial charge >= 0.3 is 0 Å². The van der Waals surface area contributed by atoms with E-state index in [0.29, 0.717) is 0 Å². The van der Waals surface area contributed by atoms with Gasteiger partial charge in [-0.3, -0.25) is 4.98 Å². The Morgan fingerprint density at radius 3 is 2.03 bits per heavy atom. The Hall–Kier alpha value is -2.19. The summed E-state index contributed by atoms with van der Waals surface area (Å²) in [4.78, 5) is 5.03. The van der Waals surface area contributed by atoms with Crippen LogP contribution >= 0.6 is 0 Å². The summed E-state index contributed by atoms with van der Waals surface area (Å²) in [7, 11) is -1.45. The van der Waals surface area contributed by atoms with Crippen molar-refractivity contribution in [3.63, 3.8) is 0 Å². The maximum atomic E-state index is 5.03. The van der Waals surface area contributed by atoms with Gasteiger partial charge in [0, 0.05) is 11.8 Å². The molecule has 0 unspecified atom stereocenters. The van der Waals surface area contributed by atoms with E-state index in [0.717, 1.165) is 35.3 Å². The van der Waals surface area contributed by atoms with Crippen LogP contribution in [0.15, 0.2) is 66.9 Å². The molecule has 3 aromatic rings. The number of aromatic nitrogens is 1. The summed E-state index contributed by atoms with van der Waals surface area (Å²) in [6.45, 7) is 7.46. The summed E-state index contributed by atoms with van der Waals surface area (Å²) in [5.41, 5.74) is 6.54. The second-order valence-corrected chi connectivity index (χ2v) is 17.3. The van der Waals surface area contributed by atoms with Crippen LogP contribution in [-0.2, 0) is 6.42 Å². The summed E-state index contributed by atoms with van der Waals surface area (Å²) < 4.78 is 0. The lowest BCUT2D eigenvalue weighted by molar-refractivity contribution is -0.0359. The van der Waals surface area contributed by atoms with Crippen molar-refractivity contribution >= 4 is 13.3 Å². The molecule has 0 radical (unpaired) electrons. The third-order valence-corrected chi connectivity index (χ3v) is 11.0. The Morgan fingerprint density at radius 2 is 1.36 bits per heavy atom. The molecular weight excluding hydrogens is 414 g/mol. The van der Waals surface area contributed by atoms with E-state index in [-0.39, 0.29) is 0 Å². The molecule has 1 nitrogen and oxygen atoms in total. The van der Waals surface area contributed by atoms with E-state index >= 15 is 0 Å². The SMILES string of the molecule is C[Si](C)(C)c1cnc(-c2cccc(-c3ccccc3)c2)cc1CC1C2CC3CC(C2)CC1C3. The predicted molar refractivity (Wildman–Crippen MR) is 142 cm³/mol. The van der Waals surface area contributed by atoms with E-state index in [1.807, 2.05) is 0 Å². The van der Waals surface area contributed by atoms with E-state index in [1.165, 1.54) is 55.2 Å². The molecule has 1 aromatic heterocycles. The molecule has 0 saturated heterocycles. The maximum Gasteiger partial charge on any atom is 0.0799 e. The molecule has 0 amide bonds. The number of rotatable bonds is 5. The second kappa shape index (κ2) is 8.23. The zero-order chi connectivity index (χ0) is 22.6. The summed E-state index contributed by atoms with van der Waals surface area (Å²) >= 11 is 0. The zero-order valence-electron chi connectivity index (χ0n) is 20.4. The van der Waals surface area contributed by atoms with Crippen LogP contribution in [0.5, 0.6) is 0 Å². The average Bonchev–Trinajstić information content (AvgIpc) is 2.81. The molecule has 1 heterocycles. The topological polar surface area (TPSA) is 12.9 Å². The van der Waals surface area contributed by atoms with Gasteiger partial charge < -0.3 is 0 Å². The first kappa shape index (κ1) is 21.3. The fourth-order valence-corrected chi connectivity index (χ4v) is 9.20. The van der Waals surface area contributed by atoms with Crippen LogP contribution in [0.25, 0.3) is 22.4 Å². The minimum atomic E-state index is -1.45. The van der Waals surface area contributed by atoms with Crippen LogP contribution in [0.2, 0.25) is 19.6 Å². The van der Waals surface area contributed by atoms with Crippen LogP contribution in [0.1, 0.15) is 37.7 Å². The van der Waals surface area contributed by atoms with Crippen LogP contribution in [0.4, 0.5) is 0 Å². The van der Waals surface area contributed by atoms with Crippen LogP contribution in [0, 0.1) is 29.6 Å². The van der Waals surface area contributed by atoms with Crippen molar-refractivity contribution in [3.8, 4) is 22.4 Å². The first-order chi connectivity index (χ1) is 15.9. The van der Waals surface area contributed by atoms with Gasteiger partial charge in [0.15, 0.2) is 0 Å². The second-order valence-electron chi connectivity index (χ2n) is 12.2. The minimum absolute atomic E-state index is 0.902. The van der Waals surface area contributed by atoms with Crippen LogP contribution in [0.3, 0.4) is 0 Å². The van der Waals surface area contributed by atoms with E-state index in [1.54, 1.807) is 10.8 Å². The molecule has 170 valence electrons. The maximum absolute atomic E-state index is 5.03. The van der Waals surface area contributed by atoms with Crippen LogP contribution < -0.4 is 5.19 Å². The lowest BCUT2D eigenvalue weighted by Gasteiger charge is -2.54. The largest absolute Gasteiger partial charge is 0.256 e. The smallest absolute Gasteiger partial charge is 0.0799 e. The van der Waals surface area contributed by atoms with Gasteiger partial charge in [-0.2, -0.15) is 0 Å². The summed E-state index contributed by atoms with van der Waals surface area (Å²) in [5.74, 6) is 4.96. The fourth-order valence-electron chi connectivity index (χ4n) is 7.61. The molecule has 0 N–H and O–H groups in total. The number of benzene rings is 2. The molecule has 4 bridgehead atoms. The summed E-state index contributed by atoms with van der Waals surface area (Å²) in [5, 5.41) is 1.58. The third kappa shape index (κ3) is 4.12. The highest BCUT2D eigenvalue weighted by Crippen LogP contribution is 2.57. The fraction of sp³-hybridized carbons (Fsp3) is 0.452. The van der Waals surface area contributed by atoms with Gasteiger partial charge in [0.1, 0.15) is 0 Å². The molecule has 2 aromatic carbocycles. The molecule has 2 heteroatoms. The molecule has 4 fully saturated rings. The van der Waals surface area contributed by atoms with E-state index in [9.17, 15) is 0 Å². The molecule has 33 heavy (non-hydrogen) atoms. The first-order valence-corrected chi connectivity index (χ1v) is 16.6. The lowest BCUT2D eigenvalue weighted by Crippen LogP contribution is -2.47. The van der Waals surface area contributed by atoms with Crippen molar-refractivity contribution in [1.82, 2.24) is 4.98 Å². The van der Waals surface area contributed by atoms with Gasteiger partial charge in [0.2, 0.25) is 0 Å². The lowest BCUT2D eigenvalue weighted by atomic mass is 9.51. The monoisotopic (exact) mass is 451 g/mol. The van der Waals surface area contributed by atoms with E-state index < -0.39 is 8.07 Å². The van der Waals surface area contributed by atoms with Gasteiger partial charge in [-0.05, 0) is 102 Å². The van der Waals surface area contributed by atoms with Gasteiger partial charge in [0.05, 0.1) is 13.8 Å². The number of hydrogen-bond acceptors (Lipinski definition) is 1. The highest BCUT2D eigenvalue weighted by molar-refractivity contribution is 6.89. The molecule has 4 aliphatic rings. The molecular formula is C31H37NSi. The Kier molecular flexibility index (Phi) is 5.33. The van der Waals surface area contributed by atoms with Gasteiger partial charge in [-0.25, -0.2) is 0 Å². The summed E-state index contributed by atoms with van der Waals surface area (Å²) in [6.07, 6.45) is 11.1. The van der Waals surface area contributed by atoms with Crippen molar-refractivity contribution in [1.29, 1.82) is 0 Å². The molecule has 0 spiro atoms. The Balaban J connectivity index is 1.35. The highest BCUT2D eigenvalue weighted by atomic mass is 28.3.